The molecule has 0 bridgehead atoms. The second kappa shape index (κ2) is 5.86. The van der Waals surface area contributed by atoms with E-state index in [0.717, 1.165) is 24.8 Å². The molecule has 0 heterocycles. The van der Waals surface area contributed by atoms with Crippen molar-refractivity contribution in [3.8, 4) is 0 Å². The second-order valence-electron chi connectivity index (χ2n) is 4.00. The molecule has 1 unspecified atom stereocenters. The van der Waals surface area contributed by atoms with Crippen molar-refractivity contribution in [3.05, 3.63) is 35.1 Å². The number of hydrogen-bond acceptors (Lipinski definition) is 1. The molecule has 0 saturated heterocycles. The largest absolute Gasteiger partial charge is 0.317 e. The molecule has 1 rings (SSSR count). The Morgan fingerprint density at radius 1 is 1.40 bits per heavy atom. The lowest BCUT2D eigenvalue weighted by atomic mass is 10.00. The van der Waals surface area contributed by atoms with Crippen molar-refractivity contribution in [2.45, 2.75) is 39.2 Å². The molecule has 0 radical (unpaired) electrons. The maximum atomic E-state index is 13.0. The van der Waals surface area contributed by atoms with E-state index >= 15 is 0 Å². The molecule has 1 atom stereocenters. The number of aryl methyl sites for hydroxylation is 2. The van der Waals surface area contributed by atoms with Crippen LogP contribution in [0.1, 0.15) is 30.9 Å². The molecule has 1 aromatic carbocycles. The lowest BCUT2D eigenvalue weighted by Crippen LogP contribution is -2.24. The standard InChI is InChI=1S/C13H20FN/c1-4-13(15-3)8-6-11-9-12(14)7-5-10(11)2/h5,7,9,13,15H,4,6,8H2,1-3H3. The summed E-state index contributed by atoms with van der Waals surface area (Å²) in [6, 6.07) is 5.56. The van der Waals surface area contributed by atoms with Gasteiger partial charge in [0.25, 0.3) is 0 Å². The van der Waals surface area contributed by atoms with Crippen molar-refractivity contribution in [3.63, 3.8) is 0 Å². The minimum Gasteiger partial charge on any atom is -0.317 e. The van der Waals surface area contributed by atoms with Gasteiger partial charge in [-0.25, -0.2) is 4.39 Å². The average molecular weight is 209 g/mol. The third kappa shape index (κ3) is 3.63. The summed E-state index contributed by atoms with van der Waals surface area (Å²) >= 11 is 0. The Morgan fingerprint density at radius 3 is 2.73 bits per heavy atom. The highest BCUT2D eigenvalue weighted by Gasteiger charge is 2.05. The molecule has 1 N–H and O–H groups in total. The zero-order valence-corrected chi connectivity index (χ0v) is 9.81. The van der Waals surface area contributed by atoms with Gasteiger partial charge >= 0.3 is 0 Å². The molecule has 1 nitrogen and oxygen atoms in total. The fraction of sp³-hybridized carbons (Fsp3) is 0.538. The van der Waals surface area contributed by atoms with Crippen LogP contribution in [0.5, 0.6) is 0 Å². The van der Waals surface area contributed by atoms with Crippen molar-refractivity contribution in [2.24, 2.45) is 0 Å². The summed E-state index contributed by atoms with van der Waals surface area (Å²) in [5.41, 5.74) is 2.31. The third-order valence-corrected chi connectivity index (χ3v) is 2.97. The Morgan fingerprint density at radius 2 is 2.13 bits per heavy atom. The van der Waals surface area contributed by atoms with E-state index in [0.29, 0.717) is 6.04 Å². The van der Waals surface area contributed by atoms with Crippen LogP contribution in [0.4, 0.5) is 4.39 Å². The first-order valence-electron chi connectivity index (χ1n) is 5.59. The molecule has 0 aliphatic heterocycles. The Hall–Kier alpha value is -0.890. The third-order valence-electron chi connectivity index (χ3n) is 2.97. The SMILES string of the molecule is CCC(CCc1cc(F)ccc1C)NC. The summed E-state index contributed by atoms with van der Waals surface area (Å²) < 4.78 is 13.0. The van der Waals surface area contributed by atoms with Gasteiger partial charge in [0, 0.05) is 6.04 Å². The molecular formula is C13H20FN. The molecule has 15 heavy (non-hydrogen) atoms. The summed E-state index contributed by atoms with van der Waals surface area (Å²) in [6.07, 6.45) is 3.13. The van der Waals surface area contributed by atoms with Gasteiger partial charge in [0.2, 0.25) is 0 Å². The van der Waals surface area contributed by atoms with E-state index in [1.165, 1.54) is 11.6 Å². The molecule has 0 amide bonds. The molecular weight excluding hydrogens is 189 g/mol. The molecule has 2 heteroatoms. The van der Waals surface area contributed by atoms with E-state index in [2.05, 4.69) is 12.2 Å². The highest BCUT2D eigenvalue weighted by Crippen LogP contribution is 2.13. The minimum atomic E-state index is -0.131. The Balaban J connectivity index is 2.60. The van der Waals surface area contributed by atoms with Gasteiger partial charge in [-0.15, -0.1) is 0 Å². The van der Waals surface area contributed by atoms with Gasteiger partial charge in [-0.05, 0) is 56.5 Å². The molecule has 0 aliphatic rings. The zero-order valence-electron chi connectivity index (χ0n) is 9.81. The van der Waals surface area contributed by atoms with Crippen LogP contribution in [-0.2, 0) is 6.42 Å². The van der Waals surface area contributed by atoms with E-state index < -0.39 is 0 Å². The number of rotatable bonds is 5. The van der Waals surface area contributed by atoms with E-state index in [4.69, 9.17) is 0 Å². The van der Waals surface area contributed by atoms with Crippen LogP contribution in [-0.4, -0.2) is 13.1 Å². The highest BCUT2D eigenvalue weighted by atomic mass is 19.1. The number of halogens is 1. The fourth-order valence-electron chi connectivity index (χ4n) is 1.79. The van der Waals surface area contributed by atoms with Gasteiger partial charge in [0.15, 0.2) is 0 Å². The quantitative estimate of drug-likeness (QED) is 0.786. The zero-order chi connectivity index (χ0) is 11.3. The molecule has 84 valence electrons. The Labute approximate surface area is 91.7 Å². The first kappa shape index (κ1) is 12.2. The van der Waals surface area contributed by atoms with Gasteiger partial charge in [-0.2, -0.15) is 0 Å². The normalized spacial score (nSPS) is 12.8. The number of benzene rings is 1. The topological polar surface area (TPSA) is 12.0 Å². The summed E-state index contributed by atoms with van der Waals surface area (Å²) in [5.74, 6) is -0.131. The molecule has 0 saturated carbocycles. The van der Waals surface area contributed by atoms with E-state index in [1.54, 1.807) is 6.07 Å². The lowest BCUT2D eigenvalue weighted by molar-refractivity contribution is 0.507. The molecule has 0 fully saturated rings. The summed E-state index contributed by atoms with van der Waals surface area (Å²) in [4.78, 5) is 0. The van der Waals surface area contributed by atoms with Crippen LogP contribution in [0.25, 0.3) is 0 Å². The molecule has 0 spiro atoms. The van der Waals surface area contributed by atoms with Gasteiger partial charge < -0.3 is 5.32 Å². The van der Waals surface area contributed by atoms with Crippen molar-refractivity contribution in [1.29, 1.82) is 0 Å². The van der Waals surface area contributed by atoms with Crippen molar-refractivity contribution in [1.82, 2.24) is 5.32 Å². The average Bonchev–Trinajstić information content (AvgIpc) is 2.24. The van der Waals surface area contributed by atoms with E-state index in [9.17, 15) is 4.39 Å². The van der Waals surface area contributed by atoms with Gasteiger partial charge in [-0.3, -0.25) is 0 Å². The predicted octanol–water partition coefficient (Wildman–Crippen LogP) is 3.06. The van der Waals surface area contributed by atoms with Crippen LogP contribution in [0.2, 0.25) is 0 Å². The number of nitrogens with one attached hydrogen (secondary N) is 1. The van der Waals surface area contributed by atoms with Gasteiger partial charge in [-0.1, -0.05) is 13.0 Å². The van der Waals surface area contributed by atoms with Crippen LogP contribution in [0, 0.1) is 12.7 Å². The first-order valence-corrected chi connectivity index (χ1v) is 5.59. The summed E-state index contributed by atoms with van der Waals surface area (Å²) in [6.45, 7) is 4.20. The summed E-state index contributed by atoms with van der Waals surface area (Å²) in [5, 5.41) is 3.26. The monoisotopic (exact) mass is 209 g/mol. The van der Waals surface area contributed by atoms with E-state index in [-0.39, 0.29) is 5.82 Å². The maximum absolute atomic E-state index is 13.0. The van der Waals surface area contributed by atoms with Gasteiger partial charge in [0.1, 0.15) is 5.82 Å². The second-order valence-corrected chi connectivity index (χ2v) is 4.00. The Bertz CT molecular complexity index is 305. The molecule has 1 aromatic rings. The predicted molar refractivity (Wildman–Crippen MR) is 62.6 cm³/mol. The number of hydrogen-bond donors (Lipinski definition) is 1. The highest BCUT2D eigenvalue weighted by molar-refractivity contribution is 5.26. The maximum Gasteiger partial charge on any atom is 0.123 e. The van der Waals surface area contributed by atoms with Crippen LogP contribution < -0.4 is 5.32 Å². The first-order chi connectivity index (χ1) is 7.17. The Kier molecular flexibility index (Phi) is 4.76. The van der Waals surface area contributed by atoms with Crippen molar-refractivity contribution >= 4 is 0 Å². The smallest absolute Gasteiger partial charge is 0.123 e. The van der Waals surface area contributed by atoms with Crippen molar-refractivity contribution in [2.75, 3.05) is 7.05 Å². The fourth-order valence-corrected chi connectivity index (χ4v) is 1.79. The van der Waals surface area contributed by atoms with E-state index in [1.807, 2.05) is 20.0 Å². The summed E-state index contributed by atoms with van der Waals surface area (Å²) in [7, 11) is 1.98. The molecule has 0 aromatic heterocycles. The molecule has 0 aliphatic carbocycles. The van der Waals surface area contributed by atoms with Crippen molar-refractivity contribution < 1.29 is 4.39 Å². The lowest BCUT2D eigenvalue weighted by Gasteiger charge is -2.14. The van der Waals surface area contributed by atoms with Crippen LogP contribution in [0.15, 0.2) is 18.2 Å². The van der Waals surface area contributed by atoms with Gasteiger partial charge in [0.05, 0.1) is 0 Å². The minimum absolute atomic E-state index is 0.131. The van der Waals surface area contributed by atoms with Crippen LogP contribution >= 0.6 is 0 Å². The van der Waals surface area contributed by atoms with Crippen LogP contribution in [0.3, 0.4) is 0 Å².